The minimum Gasteiger partial charge on any atom is -0.396 e. The van der Waals surface area contributed by atoms with Crippen LogP contribution in [0.4, 0.5) is 0 Å². The molecule has 1 heterocycles. The molecule has 0 aromatic heterocycles. The van der Waals surface area contributed by atoms with Crippen molar-refractivity contribution < 1.29 is 14.7 Å². The molecular weight excluding hydrogens is 220 g/mol. The molecule has 1 atom stereocenters. The van der Waals surface area contributed by atoms with E-state index in [0.29, 0.717) is 0 Å². The van der Waals surface area contributed by atoms with Crippen LogP contribution < -0.4 is 0 Å². The monoisotopic (exact) mass is 242 g/mol. The molecule has 0 radical (unpaired) electrons. The second-order valence-corrected chi connectivity index (χ2v) is 4.62. The molecule has 1 saturated heterocycles. The predicted octanol–water partition coefficient (Wildman–Crippen LogP) is 0.228. The van der Waals surface area contributed by atoms with Gasteiger partial charge in [0.1, 0.15) is 0 Å². The Hall–Kier alpha value is -1.10. The molecule has 0 aliphatic carbocycles. The normalized spacial score (nSPS) is 19.5. The van der Waals surface area contributed by atoms with Crippen molar-refractivity contribution in [2.45, 2.75) is 38.6 Å². The second-order valence-electron chi connectivity index (χ2n) is 4.62. The van der Waals surface area contributed by atoms with Crippen LogP contribution in [0.3, 0.4) is 0 Å². The number of rotatable bonds is 5. The maximum atomic E-state index is 12.0. The molecule has 1 aliphatic heterocycles. The minimum atomic E-state index is -0.0931. The number of hydrogen-bond donors (Lipinski definition) is 1. The first-order valence-electron chi connectivity index (χ1n) is 6.18. The zero-order valence-electron chi connectivity index (χ0n) is 10.7. The van der Waals surface area contributed by atoms with Gasteiger partial charge in [-0.25, -0.2) is 0 Å². The number of aliphatic hydroxyl groups is 1. The first-order chi connectivity index (χ1) is 8.06. The van der Waals surface area contributed by atoms with Gasteiger partial charge in [0.25, 0.3) is 0 Å². The van der Waals surface area contributed by atoms with Crippen LogP contribution in [0.2, 0.25) is 0 Å². The third-order valence-corrected chi connectivity index (χ3v) is 3.30. The summed E-state index contributed by atoms with van der Waals surface area (Å²) in [5, 5.41) is 8.81. The van der Waals surface area contributed by atoms with Crippen molar-refractivity contribution in [3.05, 3.63) is 0 Å². The third-order valence-electron chi connectivity index (χ3n) is 3.30. The van der Waals surface area contributed by atoms with E-state index < -0.39 is 0 Å². The first-order valence-corrected chi connectivity index (χ1v) is 6.18. The van der Waals surface area contributed by atoms with Crippen LogP contribution in [0.15, 0.2) is 0 Å². The van der Waals surface area contributed by atoms with Gasteiger partial charge in [-0.2, -0.15) is 0 Å². The van der Waals surface area contributed by atoms with Gasteiger partial charge in [0.15, 0.2) is 0 Å². The van der Waals surface area contributed by atoms with Gasteiger partial charge in [0.05, 0.1) is 6.54 Å². The highest BCUT2D eigenvalue weighted by Gasteiger charge is 2.28. The van der Waals surface area contributed by atoms with Crippen molar-refractivity contribution >= 4 is 11.8 Å². The summed E-state index contributed by atoms with van der Waals surface area (Å²) in [4.78, 5) is 26.4. The molecule has 0 bridgehead atoms. The van der Waals surface area contributed by atoms with E-state index in [0.717, 1.165) is 32.2 Å². The van der Waals surface area contributed by atoms with Crippen LogP contribution in [0.25, 0.3) is 0 Å². The number of amides is 2. The highest BCUT2D eigenvalue weighted by Crippen LogP contribution is 2.21. The predicted molar refractivity (Wildman–Crippen MR) is 64.4 cm³/mol. The topological polar surface area (TPSA) is 60.9 Å². The van der Waals surface area contributed by atoms with Crippen LogP contribution >= 0.6 is 0 Å². The van der Waals surface area contributed by atoms with Crippen molar-refractivity contribution in [1.82, 2.24) is 9.80 Å². The summed E-state index contributed by atoms with van der Waals surface area (Å²) in [5.74, 6) is -0.0763. The molecule has 1 rings (SSSR count). The van der Waals surface area contributed by atoms with E-state index in [4.69, 9.17) is 5.11 Å². The maximum Gasteiger partial charge on any atom is 0.242 e. The first kappa shape index (κ1) is 14.0. The molecule has 17 heavy (non-hydrogen) atoms. The average molecular weight is 242 g/mol. The highest BCUT2D eigenvalue weighted by molar-refractivity contribution is 5.84. The number of carbonyl (C=O) groups is 2. The molecule has 0 saturated carbocycles. The second kappa shape index (κ2) is 6.59. The van der Waals surface area contributed by atoms with Gasteiger partial charge in [0.2, 0.25) is 11.8 Å². The number of aliphatic hydroxyl groups excluding tert-OH is 1. The molecular formula is C12H22N2O3. The summed E-state index contributed by atoms with van der Waals surface area (Å²) in [6, 6.07) is 0.245. The van der Waals surface area contributed by atoms with E-state index in [1.807, 2.05) is 4.90 Å². The molecule has 5 heteroatoms. The van der Waals surface area contributed by atoms with E-state index in [1.54, 1.807) is 7.05 Å². The van der Waals surface area contributed by atoms with Crippen LogP contribution in [-0.4, -0.2) is 59.5 Å². The van der Waals surface area contributed by atoms with E-state index in [-0.39, 0.29) is 31.0 Å². The summed E-state index contributed by atoms with van der Waals surface area (Å²) in [6.07, 6.45) is 3.62. The van der Waals surface area contributed by atoms with Gasteiger partial charge in [-0.3, -0.25) is 9.59 Å². The molecule has 1 N–H and O–H groups in total. The number of nitrogens with zero attached hydrogens (tertiary/aromatic N) is 2. The smallest absolute Gasteiger partial charge is 0.242 e. The van der Waals surface area contributed by atoms with E-state index in [9.17, 15) is 9.59 Å². The van der Waals surface area contributed by atoms with Crippen molar-refractivity contribution in [3.63, 3.8) is 0 Å². The summed E-state index contributed by atoms with van der Waals surface area (Å²) in [6.45, 7) is 2.57. The Kier molecular flexibility index (Phi) is 5.41. The van der Waals surface area contributed by atoms with Gasteiger partial charge < -0.3 is 14.9 Å². The summed E-state index contributed by atoms with van der Waals surface area (Å²) in [7, 11) is 1.64. The number of likely N-dealkylation sites (N-methyl/N-ethyl adjacent to an activating group) is 1. The Bertz CT molecular complexity index is 281. The standard InChI is InChI=1S/C12H22N2O3/c1-10(16)13(2)9-12(17)14-7-3-5-11(14)6-4-8-15/h11,15H,3-9H2,1-2H3. The molecule has 1 fully saturated rings. The summed E-state index contributed by atoms with van der Waals surface area (Å²) in [5.41, 5.74) is 0. The molecule has 1 aliphatic rings. The number of likely N-dealkylation sites (tertiary alicyclic amines) is 1. The van der Waals surface area contributed by atoms with Crippen LogP contribution in [0.5, 0.6) is 0 Å². The van der Waals surface area contributed by atoms with Crippen molar-refractivity contribution in [3.8, 4) is 0 Å². The lowest BCUT2D eigenvalue weighted by atomic mass is 10.1. The third kappa shape index (κ3) is 4.00. The Balaban J connectivity index is 2.46. The van der Waals surface area contributed by atoms with Crippen LogP contribution in [-0.2, 0) is 9.59 Å². The molecule has 2 amide bonds. The van der Waals surface area contributed by atoms with Crippen LogP contribution in [0.1, 0.15) is 32.6 Å². The SMILES string of the molecule is CC(=O)N(C)CC(=O)N1CCCC1CCCO. The largest absolute Gasteiger partial charge is 0.396 e. The quantitative estimate of drug-likeness (QED) is 0.750. The Morgan fingerprint density at radius 3 is 2.76 bits per heavy atom. The molecule has 98 valence electrons. The van der Waals surface area contributed by atoms with Gasteiger partial charge >= 0.3 is 0 Å². The number of hydrogen-bond acceptors (Lipinski definition) is 3. The Morgan fingerprint density at radius 1 is 1.47 bits per heavy atom. The summed E-state index contributed by atoms with van der Waals surface area (Å²) >= 11 is 0. The molecule has 1 unspecified atom stereocenters. The van der Waals surface area contributed by atoms with E-state index in [2.05, 4.69) is 0 Å². The Morgan fingerprint density at radius 2 is 2.18 bits per heavy atom. The lowest BCUT2D eigenvalue weighted by Crippen LogP contribution is -2.42. The van der Waals surface area contributed by atoms with Crippen molar-refractivity contribution in [2.75, 3.05) is 26.7 Å². The summed E-state index contributed by atoms with van der Waals surface area (Å²) < 4.78 is 0. The van der Waals surface area contributed by atoms with Gasteiger partial charge in [0, 0.05) is 33.2 Å². The van der Waals surface area contributed by atoms with E-state index >= 15 is 0 Å². The molecule has 5 nitrogen and oxygen atoms in total. The minimum absolute atomic E-state index is 0.0168. The van der Waals surface area contributed by atoms with Crippen LogP contribution in [0, 0.1) is 0 Å². The lowest BCUT2D eigenvalue weighted by Gasteiger charge is -2.26. The van der Waals surface area contributed by atoms with Crippen molar-refractivity contribution in [2.24, 2.45) is 0 Å². The zero-order chi connectivity index (χ0) is 12.8. The fourth-order valence-corrected chi connectivity index (χ4v) is 2.20. The van der Waals surface area contributed by atoms with Gasteiger partial charge in [-0.05, 0) is 25.7 Å². The lowest BCUT2D eigenvalue weighted by molar-refractivity contribution is -0.139. The molecule has 0 spiro atoms. The Labute approximate surface area is 102 Å². The fraction of sp³-hybridized carbons (Fsp3) is 0.833. The average Bonchev–Trinajstić information content (AvgIpc) is 2.74. The highest BCUT2D eigenvalue weighted by atomic mass is 16.3. The number of carbonyl (C=O) groups excluding carboxylic acids is 2. The van der Waals surface area contributed by atoms with E-state index in [1.165, 1.54) is 11.8 Å². The zero-order valence-corrected chi connectivity index (χ0v) is 10.7. The molecule has 0 aromatic rings. The van der Waals surface area contributed by atoms with Gasteiger partial charge in [-0.1, -0.05) is 0 Å². The van der Waals surface area contributed by atoms with Gasteiger partial charge in [-0.15, -0.1) is 0 Å². The van der Waals surface area contributed by atoms with Crippen molar-refractivity contribution in [1.29, 1.82) is 0 Å². The molecule has 0 aromatic carbocycles. The fourth-order valence-electron chi connectivity index (χ4n) is 2.20. The maximum absolute atomic E-state index is 12.0.